The predicted octanol–water partition coefficient (Wildman–Crippen LogP) is 3.16. The van der Waals surface area contributed by atoms with E-state index in [-0.39, 0.29) is 11.9 Å². The highest BCUT2D eigenvalue weighted by atomic mass is 19.4. The van der Waals surface area contributed by atoms with E-state index in [1.54, 1.807) is 13.1 Å². The van der Waals surface area contributed by atoms with Crippen LogP contribution in [0.5, 0.6) is 0 Å². The number of halogens is 3. The molecule has 20 heavy (non-hydrogen) atoms. The molecule has 112 valence electrons. The monoisotopic (exact) mass is 288 g/mol. The second-order valence-electron chi connectivity index (χ2n) is 5.33. The third-order valence-electron chi connectivity index (χ3n) is 3.59. The van der Waals surface area contributed by atoms with Crippen molar-refractivity contribution in [2.24, 2.45) is 5.92 Å². The molecular weight excluding hydrogens is 269 g/mol. The van der Waals surface area contributed by atoms with Crippen LogP contribution in [0.4, 0.5) is 24.8 Å². The zero-order valence-electron chi connectivity index (χ0n) is 11.8. The number of hydrogen-bond donors (Lipinski definition) is 1. The van der Waals surface area contributed by atoms with Gasteiger partial charge in [-0.2, -0.15) is 13.2 Å². The van der Waals surface area contributed by atoms with Gasteiger partial charge in [0.05, 0.1) is 0 Å². The molecule has 1 aliphatic rings. The largest absolute Gasteiger partial charge is 0.451 e. The van der Waals surface area contributed by atoms with E-state index in [4.69, 9.17) is 0 Å². The minimum Gasteiger partial charge on any atom is -0.373 e. The summed E-state index contributed by atoms with van der Waals surface area (Å²) in [7, 11) is 1.55. The zero-order valence-corrected chi connectivity index (χ0v) is 11.8. The summed E-state index contributed by atoms with van der Waals surface area (Å²) >= 11 is 0. The fraction of sp³-hybridized carbons (Fsp3) is 0.692. The Morgan fingerprint density at radius 1 is 1.35 bits per heavy atom. The van der Waals surface area contributed by atoms with E-state index >= 15 is 0 Å². The Labute approximate surface area is 116 Å². The molecule has 0 radical (unpaired) electrons. The summed E-state index contributed by atoms with van der Waals surface area (Å²) in [5.41, 5.74) is 0. The average Bonchev–Trinajstić information content (AvgIpc) is 2.86. The van der Waals surface area contributed by atoms with Crippen LogP contribution in [0.1, 0.15) is 32.5 Å². The van der Waals surface area contributed by atoms with Gasteiger partial charge in [0, 0.05) is 25.7 Å². The highest BCUT2D eigenvalue weighted by molar-refractivity contribution is 5.51. The normalized spacial score (nSPS) is 19.8. The van der Waals surface area contributed by atoms with Crippen molar-refractivity contribution in [3.05, 3.63) is 11.9 Å². The molecule has 0 bridgehead atoms. The Balaban J connectivity index is 2.40. The summed E-state index contributed by atoms with van der Waals surface area (Å²) in [4.78, 5) is 9.17. The van der Waals surface area contributed by atoms with Gasteiger partial charge in [-0.1, -0.05) is 13.8 Å². The molecule has 1 fully saturated rings. The highest BCUT2D eigenvalue weighted by Gasteiger charge is 2.37. The Morgan fingerprint density at radius 3 is 2.60 bits per heavy atom. The first-order chi connectivity index (χ1) is 9.32. The first kappa shape index (κ1) is 14.9. The van der Waals surface area contributed by atoms with Crippen molar-refractivity contribution in [1.82, 2.24) is 9.97 Å². The van der Waals surface area contributed by atoms with E-state index < -0.39 is 12.0 Å². The fourth-order valence-corrected chi connectivity index (χ4v) is 2.61. The van der Waals surface area contributed by atoms with Gasteiger partial charge >= 0.3 is 6.18 Å². The molecule has 1 aromatic heterocycles. The SMILES string of the molecule is CNc1cc(N2CCCC2C(C)C)nc(C(F)(F)F)n1. The van der Waals surface area contributed by atoms with E-state index in [0.29, 0.717) is 11.7 Å². The maximum atomic E-state index is 12.9. The van der Waals surface area contributed by atoms with E-state index in [0.717, 1.165) is 19.4 Å². The lowest BCUT2D eigenvalue weighted by Gasteiger charge is -2.29. The molecule has 1 unspecified atom stereocenters. The topological polar surface area (TPSA) is 41.0 Å². The molecule has 0 spiro atoms. The smallest absolute Gasteiger partial charge is 0.373 e. The Morgan fingerprint density at radius 2 is 2.05 bits per heavy atom. The van der Waals surface area contributed by atoms with Crippen LogP contribution in [-0.2, 0) is 6.18 Å². The number of anilines is 2. The van der Waals surface area contributed by atoms with Crippen molar-refractivity contribution in [3.63, 3.8) is 0 Å². The van der Waals surface area contributed by atoms with Crippen LogP contribution in [0.15, 0.2) is 6.07 Å². The quantitative estimate of drug-likeness (QED) is 0.927. The second-order valence-corrected chi connectivity index (χ2v) is 5.33. The minimum atomic E-state index is -4.53. The molecule has 2 heterocycles. The summed E-state index contributed by atoms with van der Waals surface area (Å²) < 4.78 is 38.6. The molecule has 2 rings (SSSR count). The summed E-state index contributed by atoms with van der Waals surface area (Å²) in [5.74, 6) is -0.168. The van der Waals surface area contributed by atoms with Crippen molar-refractivity contribution in [2.75, 3.05) is 23.8 Å². The predicted molar refractivity (Wildman–Crippen MR) is 71.8 cm³/mol. The average molecular weight is 288 g/mol. The van der Waals surface area contributed by atoms with Crippen LogP contribution in [0.25, 0.3) is 0 Å². The molecule has 0 aliphatic carbocycles. The summed E-state index contributed by atoms with van der Waals surface area (Å²) in [6.45, 7) is 4.89. The van der Waals surface area contributed by atoms with E-state index in [2.05, 4.69) is 29.1 Å². The Bertz CT molecular complexity index is 473. The van der Waals surface area contributed by atoms with Crippen LogP contribution in [0.2, 0.25) is 0 Å². The van der Waals surface area contributed by atoms with Crippen LogP contribution in [-0.4, -0.2) is 29.6 Å². The third kappa shape index (κ3) is 2.96. The lowest BCUT2D eigenvalue weighted by Crippen LogP contribution is -2.34. The fourth-order valence-electron chi connectivity index (χ4n) is 2.61. The lowest BCUT2D eigenvalue weighted by atomic mass is 10.0. The molecule has 0 saturated carbocycles. The van der Waals surface area contributed by atoms with Gasteiger partial charge in [0.15, 0.2) is 0 Å². The van der Waals surface area contributed by atoms with Crippen LogP contribution >= 0.6 is 0 Å². The molecular formula is C13H19F3N4. The van der Waals surface area contributed by atoms with E-state index in [1.807, 2.05) is 4.90 Å². The molecule has 1 saturated heterocycles. The Hall–Kier alpha value is -1.53. The number of nitrogens with one attached hydrogen (secondary N) is 1. The van der Waals surface area contributed by atoms with Crippen LogP contribution < -0.4 is 10.2 Å². The summed E-state index contributed by atoms with van der Waals surface area (Å²) in [6.07, 6.45) is -2.57. The zero-order chi connectivity index (χ0) is 14.9. The number of rotatable bonds is 3. The van der Waals surface area contributed by atoms with Crippen molar-refractivity contribution in [1.29, 1.82) is 0 Å². The van der Waals surface area contributed by atoms with E-state index in [9.17, 15) is 13.2 Å². The molecule has 0 amide bonds. The van der Waals surface area contributed by atoms with Crippen molar-refractivity contribution in [2.45, 2.75) is 38.9 Å². The third-order valence-corrected chi connectivity index (χ3v) is 3.59. The van der Waals surface area contributed by atoms with Gasteiger partial charge in [0.2, 0.25) is 5.82 Å². The number of aromatic nitrogens is 2. The molecule has 1 aliphatic heterocycles. The molecule has 0 aromatic carbocycles. The molecule has 1 atom stereocenters. The lowest BCUT2D eigenvalue weighted by molar-refractivity contribution is -0.144. The maximum absolute atomic E-state index is 12.9. The van der Waals surface area contributed by atoms with Crippen molar-refractivity contribution >= 4 is 11.6 Å². The van der Waals surface area contributed by atoms with Gasteiger partial charge in [0.25, 0.3) is 0 Å². The maximum Gasteiger partial charge on any atom is 0.451 e. The highest BCUT2D eigenvalue weighted by Crippen LogP contribution is 2.33. The first-order valence-corrected chi connectivity index (χ1v) is 6.73. The minimum absolute atomic E-state index is 0.191. The van der Waals surface area contributed by atoms with Crippen LogP contribution in [0.3, 0.4) is 0 Å². The number of alkyl halides is 3. The summed E-state index contributed by atoms with van der Waals surface area (Å²) in [6, 6.07) is 1.81. The molecule has 1 N–H and O–H groups in total. The van der Waals surface area contributed by atoms with Gasteiger partial charge in [-0.05, 0) is 18.8 Å². The van der Waals surface area contributed by atoms with Gasteiger partial charge in [-0.25, -0.2) is 9.97 Å². The van der Waals surface area contributed by atoms with Gasteiger partial charge in [0.1, 0.15) is 11.6 Å². The summed E-state index contributed by atoms with van der Waals surface area (Å²) in [5, 5.41) is 2.67. The van der Waals surface area contributed by atoms with Gasteiger partial charge in [-0.3, -0.25) is 0 Å². The van der Waals surface area contributed by atoms with Crippen molar-refractivity contribution in [3.8, 4) is 0 Å². The van der Waals surface area contributed by atoms with E-state index in [1.165, 1.54) is 0 Å². The van der Waals surface area contributed by atoms with Gasteiger partial charge in [-0.15, -0.1) is 0 Å². The number of nitrogens with zero attached hydrogens (tertiary/aromatic N) is 3. The Kier molecular flexibility index (Phi) is 4.06. The van der Waals surface area contributed by atoms with Crippen LogP contribution in [0, 0.1) is 5.92 Å². The standard InChI is InChI=1S/C13H19F3N4/c1-8(2)9-5-4-6-20(9)11-7-10(17-3)18-12(19-11)13(14,15)16/h7-9H,4-6H2,1-3H3,(H,17,18,19). The second kappa shape index (κ2) is 5.46. The van der Waals surface area contributed by atoms with Gasteiger partial charge < -0.3 is 10.2 Å². The first-order valence-electron chi connectivity index (χ1n) is 6.73. The van der Waals surface area contributed by atoms with Crippen molar-refractivity contribution < 1.29 is 13.2 Å². The molecule has 7 heteroatoms. The molecule has 4 nitrogen and oxygen atoms in total. The number of hydrogen-bond acceptors (Lipinski definition) is 4. The molecule has 1 aromatic rings.